The summed E-state index contributed by atoms with van der Waals surface area (Å²) in [7, 11) is 0. The Labute approximate surface area is 118 Å². The van der Waals surface area contributed by atoms with Crippen molar-refractivity contribution in [2.75, 3.05) is 25.0 Å². The van der Waals surface area contributed by atoms with Crippen LogP contribution in [0.2, 0.25) is 0 Å². The summed E-state index contributed by atoms with van der Waals surface area (Å²) in [5.74, 6) is 0.566. The van der Waals surface area contributed by atoms with E-state index in [1.54, 1.807) is 6.07 Å². The Bertz CT molecular complexity index is 652. The van der Waals surface area contributed by atoms with Gasteiger partial charge in [-0.2, -0.15) is 0 Å². The number of likely N-dealkylation sites (N-methyl/N-ethyl adjacent to an activating group) is 1. The van der Waals surface area contributed by atoms with Gasteiger partial charge in [0.25, 0.3) is 5.56 Å². The Morgan fingerprint density at radius 2 is 2.30 bits per heavy atom. The quantitative estimate of drug-likeness (QED) is 0.891. The third kappa shape index (κ3) is 2.54. The van der Waals surface area contributed by atoms with Gasteiger partial charge in [-0.15, -0.1) is 0 Å². The van der Waals surface area contributed by atoms with Crippen LogP contribution in [0.3, 0.4) is 0 Å². The number of aromatic amines is 1. The summed E-state index contributed by atoms with van der Waals surface area (Å²) in [6.45, 7) is 5.27. The molecular weight excluding hydrogens is 252 g/mol. The Morgan fingerprint density at radius 1 is 1.45 bits per heavy atom. The lowest BCUT2D eigenvalue weighted by Gasteiger charge is -2.22. The molecule has 5 nitrogen and oxygen atoms in total. The molecule has 3 rings (SSSR count). The van der Waals surface area contributed by atoms with Gasteiger partial charge in [0.05, 0.1) is 10.9 Å². The average Bonchev–Trinajstić information content (AvgIpc) is 2.93. The van der Waals surface area contributed by atoms with Gasteiger partial charge in [-0.3, -0.25) is 14.7 Å². The number of aromatic nitrogens is 2. The van der Waals surface area contributed by atoms with Crippen molar-refractivity contribution in [3.63, 3.8) is 0 Å². The highest BCUT2D eigenvalue weighted by molar-refractivity contribution is 5.78. The highest BCUT2D eigenvalue weighted by atomic mass is 16.1. The first kappa shape index (κ1) is 13.1. The van der Waals surface area contributed by atoms with Gasteiger partial charge in [0.1, 0.15) is 0 Å². The topological polar surface area (TPSA) is 61.0 Å². The van der Waals surface area contributed by atoms with Gasteiger partial charge in [-0.05, 0) is 38.1 Å². The molecule has 2 aromatic rings. The van der Waals surface area contributed by atoms with Crippen LogP contribution in [-0.4, -0.2) is 40.5 Å². The first-order valence-electron chi connectivity index (χ1n) is 7.25. The summed E-state index contributed by atoms with van der Waals surface area (Å²) in [6.07, 6.45) is 2.46. The van der Waals surface area contributed by atoms with E-state index in [1.807, 2.05) is 18.2 Å². The van der Waals surface area contributed by atoms with E-state index in [0.29, 0.717) is 17.4 Å². The molecule has 0 amide bonds. The third-order valence-corrected chi connectivity index (χ3v) is 4.02. The normalized spacial score (nSPS) is 19.6. The number of hydrogen-bond donors (Lipinski definition) is 2. The maximum atomic E-state index is 12.0. The molecule has 1 aromatic heterocycles. The zero-order valence-corrected chi connectivity index (χ0v) is 11.7. The molecule has 0 unspecified atom stereocenters. The number of H-pyrrole nitrogens is 1. The monoisotopic (exact) mass is 272 g/mol. The van der Waals surface area contributed by atoms with Crippen molar-refractivity contribution in [1.82, 2.24) is 14.9 Å². The zero-order chi connectivity index (χ0) is 13.9. The number of nitrogens with one attached hydrogen (secondary N) is 2. The fraction of sp³-hybridized carbons (Fsp3) is 0.467. The molecule has 1 fully saturated rings. The van der Waals surface area contributed by atoms with Gasteiger partial charge in [-0.25, -0.2) is 4.98 Å². The van der Waals surface area contributed by atoms with Gasteiger partial charge in [-0.1, -0.05) is 19.1 Å². The molecule has 1 aliphatic rings. The van der Waals surface area contributed by atoms with Gasteiger partial charge in [0.2, 0.25) is 5.95 Å². The molecule has 1 atom stereocenters. The number of benzene rings is 1. The summed E-state index contributed by atoms with van der Waals surface area (Å²) in [5, 5.41) is 3.91. The molecule has 1 saturated heterocycles. The number of fused-ring (bicyclic) bond motifs is 1. The number of hydrogen-bond acceptors (Lipinski definition) is 4. The fourth-order valence-electron chi connectivity index (χ4n) is 2.93. The maximum Gasteiger partial charge on any atom is 0.260 e. The highest BCUT2D eigenvalue weighted by Gasteiger charge is 2.22. The summed E-state index contributed by atoms with van der Waals surface area (Å²) < 4.78 is 0. The summed E-state index contributed by atoms with van der Waals surface area (Å²) in [6, 6.07) is 7.94. The second kappa shape index (κ2) is 5.63. The lowest BCUT2D eigenvalue weighted by molar-refractivity contribution is 0.277. The van der Waals surface area contributed by atoms with Crippen LogP contribution < -0.4 is 10.9 Å². The number of likely N-dealkylation sites (tertiary alicyclic amines) is 1. The molecule has 20 heavy (non-hydrogen) atoms. The standard InChI is InChI=1S/C15H20N4O/c1-2-19-9-5-6-11(19)10-16-15-17-13-8-4-3-7-12(13)14(20)18-15/h3-4,7-8,11H,2,5-6,9-10H2,1H3,(H2,16,17,18,20)/t11-/m0/s1. The fourth-order valence-corrected chi connectivity index (χ4v) is 2.93. The largest absolute Gasteiger partial charge is 0.354 e. The second-order valence-corrected chi connectivity index (χ2v) is 5.24. The van der Waals surface area contributed by atoms with Crippen LogP contribution in [0.5, 0.6) is 0 Å². The first-order valence-corrected chi connectivity index (χ1v) is 7.25. The van der Waals surface area contributed by atoms with Crippen LogP contribution >= 0.6 is 0 Å². The SMILES string of the molecule is CCN1CCC[C@H]1CNc1nc2ccccc2c(=O)[nH]1. The van der Waals surface area contributed by atoms with Gasteiger partial charge in [0.15, 0.2) is 0 Å². The van der Waals surface area contributed by atoms with Crippen molar-refractivity contribution in [1.29, 1.82) is 0 Å². The van der Waals surface area contributed by atoms with E-state index in [0.717, 1.165) is 18.6 Å². The molecule has 0 saturated carbocycles. The number of rotatable bonds is 4. The maximum absolute atomic E-state index is 12.0. The second-order valence-electron chi connectivity index (χ2n) is 5.24. The van der Waals surface area contributed by atoms with E-state index in [-0.39, 0.29) is 5.56 Å². The molecule has 0 spiro atoms. The van der Waals surface area contributed by atoms with Crippen molar-refractivity contribution < 1.29 is 0 Å². The summed E-state index contributed by atoms with van der Waals surface area (Å²) >= 11 is 0. The van der Waals surface area contributed by atoms with Crippen molar-refractivity contribution in [2.24, 2.45) is 0 Å². The predicted octanol–water partition coefficient (Wildman–Crippen LogP) is 1.82. The number of nitrogens with zero attached hydrogens (tertiary/aromatic N) is 2. The van der Waals surface area contributed by atoms with Crippen molar-refractivity contribution in [3.05, 3.63) is 34.6 Å². The van der Waals surface area contributed by atoms with Crippen LogP contribution in [0.1, 0.15) is 19.8 Å². The average molecular weight is 272 g/mol. The lowest BCUT2D eigenvalue weighted by atomic mass is 10.2. The summed E-state index contributed by atoms with van der Waals surface area (Å²) in [5.41, 5.74) is 0.648. The van der Waals surface area contributed by atoms with E-state index < -0.39 is 0 Å². The number of para-hydroxylation sites is 1. The van der Waals surface area contributed by atoms with Crippen LogP contribution in [0.4, 0.5) is 5.95 Å². The van der Waals surface area contributed by atoms with E-state index in [2.05, 4.69) is 27.1 Å². The molecule has 0 aliphatic carbocycles. The van der Waals surface area contributed by atoms with E-state index in [1.165, 1.54) is 19.4 Å². The molecule has 1 aliphatic heterocycles. The van der Waals surface area contributed by atoms with E-state index in [9.17, 15) is 4.79 Å². The molecule has 2 heterocycles. The van der Waals surface area contributed by atoms with Gasteiger partial charge >= 0.3 is 0 Å². The number of anilines is 1. The third-order valence-electron chi connectivity index (χ3n) is 4.02. The van der Waals surface area contributed by atoms with E-state index >= 15 is 0 Å². The van der Waals surface area contributed by atoms with Crippen molar-refractivity contribution in [3.8, 4) is 0 Å². The van der Waals surface area contributed by atoms with Crippen LogP contribution in [0, 0.1) is 0 Å². The highest BCUT2D eigenvalue weighted by Crippen LogP contribution is 2.17. The Kier molecular flexibility index (Phi) is 3.69. The smallest absolute Gasteiger partial charge is 0.260 e. The van der Waals surface area contributed by atoms with Crippen molar-refractivity contribution in [2.45, 2.75) is 25.8 Å². The summed E-state index contributed by atoms with van der Waals surface area (Å²) in [4.78, 5) is 21.7. The Balaban J connectivity index is 1.76. The molecule has 0 bridgehead atoms. The molecule has 1 aromatic carbocycles. The van der Waals surface area contributed by atoms with Gasteiger partial charge < -0.3 is 5.32 Å². The lowest BCUT2D eigenvalue weighted by Crippen LogP contribution is -2.35. The Morgan fingerprint density at radius 3 is 3.15 bits per heavy atom. The van der Waals surface area contributed by atoms with Crippen LogP contribution in [0.15, 0.2) is 29.1 Å². The van der Waals surface area contributed by atoms with Crippen molar-refractivity contribution >= 4 is 16.9 Å². The minimum atomic E-state index is -0.0862. The molecule has 2 N–H and O–H groups in total. The molecular formula is C15H20N4O. The first-order chi connectivity index (χ1) is 9.78. The van der Waals surface area contributed by atoms with Crippen LogP contribution in [-0.2, 0) is 0 Å². The molecule has 5 heteroatoms. The minimum Gasteiger partial charge on any atom is -0.354 e. The minimum absolute atomic E-state index is 0.0862. The predicted molar refractivity (Wildman–Crippen MR) is 81.1 cm³/mol. The van der Waals surface area contributed by atoms with Gasteiger partial charge in [0, 0.05) is 12.6 Å². The molecule has 106 valence electrons. The molecule has 0 radical (unpaired) electrons. The van der Waals surface area contributed by atoms with Crippen LogP contribution in [0.25, 0.3) is 10.9 Å². The zero-order valence-electron chi connectivity index (χ0n) is 11.7. The Hall–Kier alpha value is -1.88. The van der Waals surface area contributed by atoms with E-state index in [4.69, 9.17) is 0 Å².